The Labute approximate surface area is 123 Å². The number of nitrogens with one attached hydrogen (secondary N) is 1. The Morgan fingerprint density at radius 2 is 1.85 bits per heavy atom. The molecule has 0 aliphatic carbocycles. The predicted octanol–water partition coefficient (Wildman–Crippen LogP) is 2.73. The molecule has 2 rings (SSSR count). The summed E-state index contributed by atoms with van der Waals surface area (Å²) in [5.41, 5.74) is 0.380. The van der Waals surface area contributed by atoms with E-state index in [0.717, 1.165) is 0 Å². The molecule has 1 heterocycles. The molecule has 0 radical (unpaired) electrons. The number of hydrogen-bond acceptors (Lipinski definition) is 4. The van der Waals surface area contributed by atoms with E-state index in [0.29, 0.717) is 5.69 Å². The molecule has 6 nitrogen and oxygen atoms in total. The van der Waals surface area contributed by atoms with Gasteiger partial charge in [0.2, 0.25) is 0 Å². The first-order valence-electron chi connectivity index (χ1n) is 5.31. The van der Waals surface area contributed by atoms with Crippen LogP contribution in [0.2, 0.25) is 10.2 Å². The maximum absolute atomic E-state index is 11.8. The van der Waals surface area contributed by atoms with E-state index < -0.39 is 11.9 Å². The molecule has 2 N–H and O–H groups in total. The van der Waals surface area contributed by atoms with Crippen LogP contribution >= 0.6 is 23.2 Å². The lowest BCUT2D eigenvalue weighted by Crippen LogP contribution is -2.14. The lowest BCUT2D eigenvalue weighted by atomic mass is 10.2. The van der Waals surface area contributed by atoms with Crippen molar-refractivity contribution in [2.75, 3.05) is 5.32 Å². The average molecular weight is 312 g/mol. The van der Waals surface area contributed by atoms with E-state index >= 15 is 0 Å². The molecule has 0 aliphatic heterocycles. The third-order valence-corrected chi connectivity index (χ3v) is 2.84. The molecule has 20 heavy (non-hydrogen) atoms. The van der Waals surface area contributed by atoms with Crippen molar-refractivity contribution < 1.29 is 14.7 Å². The maximum Gasteiger partial charge on any atom is 0.337 e. The van der Waals surface area contributed by atoms with Gasteiger partial charge in [-0.15, -0.1) is 10.2 Å². The van der Waals surface area contributed by atoms with E-state index in [-0.39, 0.29) is 21.4 Å². The standard InChI is InChI=1S/C12H7Cl2N3O3/c13-8-5-6(1-2-7(8)12(19)20)15-11(18)9-3-4-10(14)17-16-9/h1-5H,(H,15,18)(H,19,20). The topological polar surface area (TPSA) is 92.2 Å². The summed E-state index contributed by atoms with van der Waals surface area (Å²) < 4.78 is 0. The van der Waals surface area contributed by atoms with E-state index in [1.807, 2.05) is 0 Å². The molecular formula is C12H7Cl2N3O3. The van der Waals surface area contributed by atoms with Gasteiger partial charge in [0.1, 0.15) is 0 Å². The van der Waals surface area contributed by atoms with Crippen molar-refractivity contribution >= 4 is 40.8 Å². The summed E-state index contributed by atoms with van der Waals surface area (Å²) in [6.45, 7) is 0. The number of hydrogen-bond donors (Lipinski definition) is 2. The van der Waals surface area contributed by atoms with Gasteiger partial charge in [0.05, 0.1) is 10.6 Å². The van der Waals surface area contributed by atoms with Crippen LogP contribution < -0.4 is 5.32 Å². The van der Waals surface area contributed by atoms with Gasteiger partial charge in [0.25, 0.3) is 5.91 Å². The van der Waals surface area contributed by atoms with E-state index in [1.165, 1.54) is 30.3 Å². The number of aromatic carboxylic acids is 1. The Morgan fingerprint density at radius 3 is 2.40 bits per heavy atom. The molecule has 1 amide bonds. The van der Waals surface area contributed by atoms with Crippen molar-refractivity contribution in [1.82, 2.24) is 10.2 Å². The minimum absolute atomic E-state index is 0.0255. The van der Waals surface area contributed by atoms with Crippen LogP contribution in [0.4, 0.5) is 5.69 Å². The smallest absolute Gasteiger partial charge is 0.337 e. The zero-order valence-corrected chi connectivity index (χ0v) is 11.3. The Kier molecular flexibility index (Phi) is 4.16. The van der Waals surface area contributed by atoms with E-state index in [9.17, 15) is 9.59 Å². The molecule has 0 atom stereocenters. The summed E-state index contributed by atoms with van der Waals surface area (Å²) in [4.78, 5) is 22.6. The summed E-state index contributed by atoms with van der Waals surface area (Å²) in [6, 6.07) is 6.92. The van der Waals surface area contributed by atoms with Crippen LogP contribution in [-0.4, -0.2) is 27.2 Å². The average Bonchev–Trinajstić information content (AvgIpc) is 2.39. The quantitative estimate of drug-likeness (QED) is 0.909. The number of halogens is 2. The molecule has 1 aromatic heterocycles. The second-order valence-electron chi connectivity index (χ2n) is 3.70. The molecule has 0 spiro atoms. The first-order valence-corrected chi connectivity index (χ1v) is 6.06. The molecule has 102 valence electrons. The van der Waals surface area contributed by atoms with E-state index in [2.05, 4.69) is 15.5 Å². The van der Waals surface area contributed by atoms with Gasteiger partial charge in [-0.3, -0.25) is 4.79 Å². The number of benzene rings is 1. The highest BCUT2D eigenvalue weighted by atomic mass is 35.5. The summed E-state index contributed by atoms with van der Waals surface area (Å²) in [6.07, 6.45) is 0. The highest BCUT2D eigenvalue weighted by Crippen LogP contribution is 2.21. The van der Waals surface area contributed by atoms with Crippen molar-refractivity contribution in [2.24, 2.45) is 0 Å². The first kappa shape index (κ1) is 14.2. The largest absolute Gasteiger partial charge is 0.478 e. The second-order valence-corrected chi connectivity index (χ2v) is 4.49. The lowest BCUT2D eigenvalue weighted by molar-refractivity contribution is 0.0697. The van der Waals surface area contributed by atoms with Crippen molar-refractivity contribution in [3.05, 3.63) is 51.8 Å². The van der Waals surface area contributed by atoms with Crippen LogP contribution in [0.3, 0.4) is 0 Å². The van der Waals surface area contributed by atoms with Crippen LogP contribution in [0.25, 0.3) is 0 Å². The van der Waals surface area contributed by atoms with Gasteiger partial charge < -0.3 is 10.4 Å². The number of aromatic nitrogens is 2. The molecule has 0 saturated heterocycles. The Bertz CT molecular complexity index is 674. The SMILES string of the molecule is O=C(Nc1ccc(C(=O)O)c(Cl)c1)c1ccc(Cl)nn1. The third kappa shape index (κ3) is 3.23. The van der Waals surface area contributed by atoms with Crippen molar-refractivity contribution in [1.29, 1.82) is 0 Å². The van der Waals surface area contributed by atoms with Gasteiger partial charge in [-0.05, 0) is 30.3 Å². The Hall–Kier alpha value is -2.18. The number of carboxylic acids is 1. The summed E-state index contributed by atoms with van der Waals surface area (Å²) in [5, 5.41) is 18.7. The molecule has 1 aromatic carbocycles. The number of carbonyl (C=O) groups is 2. The second kappa shape index (κ2) is 5.85. The van der Waals surface area contributed by atoms with Crippen LogP contribution in [-0.2, 0) is 0 Å². The highest BCUT2D eigenvalue weighted by molar-refractivity contribution is 6.33. The highest BCUT2D eigenvalue weighted by Gasteiger charge is 2.12. The molecule has 2 aromatic rings. The lowest BCUT2D eigenvalue weighted by Gasteiger charge is -2.06. The summed E-state index contributed by atoms with van der Waals surface area (Å²) >= 11 is 11.4. The number of carboxylic acid groups (broad SMARTS) is 1. The molecule has 0 bridgehead atoms. The fourth-order valence-electron chi connectivity index (χ4n) is 1.40. The van der Waals surface area contributed by atoms with Gasteiger partial charge in [-0.1, -0.05) is 23.2 Å². The maximum atomic E-state index is 11.8. The minimum atomic E-state index is -1.14. The van der Waals surface area contributed by atoms with Gasteiger partial charge in [0, 0.05) is 5.69 Å². The van der Waals surface area contributed by atoms with Crippen molar-refractivity contribution in [3.8, 4) is 0 Å². The normalized spacial score (nSPS) is 10.1. The van der Waals surface area contributed by atoms with Gasteiger partial charge in [0.15, 0.2) is 10.8 Å². The van der Waals surface area contributed by atoms with Gasteiger partial charge in [-0.2, -0.15) is 0 Å². The molecule has 8 heteroatoms. The summed E-state index contributed by atoms with van der Waals surface area (Å²) in [7, 11) is 0. The summed E-state index contributed by atoms with van der Waals surface area (Å²) in [5.74, 6) is -1.65. The zero-order valence-electron chi connectivity index (χ0n) is 9.80. The molecule has 0 aliphatic rings. The Morgan fingerprint density at radius 1 is 1.10 bits per heavy atom. The fourth-order valence-corrected chi connectivity index (χ4v) is 1.76. The van der Waals surface area contributed by atoms with E-state index in [1.54, 1.807) is 0 Å². The number of rotatable bonds is 3. The van der Waals surface area contributed by atoms with Gasteiger partial charge >= 0.3 is 5.97 Å². The third-order valence-electron chi connectivity index (χ3n) is 2.32. The molecule has 0 unspecified atom stereocenters. The molecule has 0 fully saturated rings. The minimum Gasteiger partial charge on any atom is -0.478 e. The number of nitrogens with zero attached hydrogens (tertiary/aromatic N) is 2. The number of carbonyl (C=O) groups excluding carboxylic acids is 1. The van der Waals surface area contributed by atoms with Crippen LogP contribution in [0.1, 0.15) is 20.8 Å². The Balaban J connectivity index is 2.18. The fraction of sp³-hybridized carbons (Fsp3) is 0. The first-order chi connectivity index (χ1) is 9.47. The van der Waals surface area contributed by atoms with Crippen LogP contribution in [0, 0.1) is 0 Å². The molecular weight excluding hydrogens is 305 g/mol. The van der Waals surface area contributed by atoms with Crippen molar-refractivity contribution in [3.63, 3.8) is 0 Å². The predicted molar refractivity (Wildman–Crippen MR) is 73.4 cm³/mol. The van der Waals surface area contributed by atoms with Crippen molar-refractivity contribution in [2.45, 2.75) is 0 Å². The number of amides is 1. The van der Waals surface area contributed by atoms with Crippen LogP contribution in [0.5, 0.6) is 0 Å². The van der Waals surface area contributed by atoms with Gasteiger partial charge in [-0.25, -0.2) is 4.79 Å². The number of anilines is 1. The van der Waals surface area contributed by atoms with Crippen LogP contribution in [0.15, 0.2) is 30.3 Å². The van der Waals surface area contributed by atoms with E-state index in [4.69, 9.17) is 28.3 Å². The monoisotopic (exact) mass is 311 g/mol. The molecule has 0 saturated carbocycles. The zero-order chi connectivity index (χ0) is 14.7.